The van der Waals surface area contributed by atoms with Gasteiger partial charge in [-0.3, -0.25) is 0 Å². The number of allylic oxidation sites excluding steroid dienone is 1. The van der Waals surface area contributed by atoms with Gasteiger partial charge >= 0.3 is 5.97 Å². The number of hydrogen-bond donors (Lipinski definition) is 1. The van der Waals surface area contributed by atoms with Crippen LogP contribution in [0.15, 0.2) is 57.9 Å². The second-order valence-corrected chi connectivity index (χ2v) is 7.93. The number of thioether (sulfide) groups is 1. The van der Waals surface area contributed by atoms with Crippen LogP contribution in [-0.4, -0.2) is 36.6 Å². The van der Waals surface area contributed by atoms with Crippen molar-refractivity contribution < 1.29 is 19.4 Å². The van der Waals surface area contributed by atoms with Crippen molar-refractivity contribution in [2.75, 3.05) is 25.6 Å². The van der Waals surface area contributed by atoms with E-state index in [4.69, 9.17) is 14.6 Å². The molecule has 0 atom stereocenters. The Labute approximate surface area is 184 Å². The van der Waals surface area contributed by atoms with Crippen molar-refractivity contribution >= 4 is 39.2 Å². The van der Waals surface area contributed by atoms with Gasteiger partial charge in [-0.25, -0.2) is 4.79 Å². The lowest BCUT2D eigenvalue weighted by atomic mass is 10.1. The third kappa shape index (κ3) is 7.98. The number of carbonyl (C=O) groups is 1. The average Bonchev–Trinajstić information content (AvgIpc) is 2.71. The zero-order chi connectivity index (χ0) is 21.1. The Morgan fingerprint density at radius 2 is 2.00 bits per heavy atom. The van der Waals surface area contributed by atoms with Crippen LogP contribution in [-0.2, 0) is 9.53 Å². The standard InChI is InChI=1S/C23H23BrO4S/c1-3-27-23(26)16-28-22-11-10-21(15-17(22)2)29-14-12-18(5-4-13-25)19-6-8-20(24)9-7-19/h6-12,15,25H,3,13-14,16H2,1-2H3/b18-12+. The maximum absolute atomic E-state index is 11.4. The monoisotopic (exact) mass is 474 g/mol. The molecule has 0 aliphatic heterocycles. The van der Waals surface area contributed by atoms with Gasteiger partial charge < -0.3 is 14.6 Å². The Morgan fingerprint density at radius 1 is 1.24 bits per heavy atom. The molecule has 1 N–H and O–H groups in total. The Hall–Kier alpha value is -2.20. The highest BCUT2D eigenvalue weighted by atomic mass is 79.9. The quantitative estimate of drug-likeness (QED) is 0.336. The molecule has 0 aliphatic carbocycles. The Kier molecular flexibility index (Phi) is 9.85. The van der Waals surface area contributed by atoms with Crippen molar-refractivity contribution in [2.45, 2.75) is 18.7 Å². The highest BCUT2D eigenvalue weighted by Crippen LogP contribution is 2.27. The van der Waals surface area contributed by atoms with Gasteiger partial charge in [0.25, 0.3) is 0 Å². The van der Waals surface area contributed by atoms with E-state index in [-0.39, 0.29) is 19.2 Å². The first kappa shape index (κ1) is 23.1. The minimum atomic E-state index is -0.375. The van der Waals surface area contributed by atoms with E-state index in [1.54, 1.807) is 18.7 Å². The van der Waals surface area contributed by atoms with Gasteiger partial charge in [0.1, 0.15) is 12.4 Å². The summed E-state index contributed by atoms with van der Waals surface area (Å²) in [4.78, 5) is 12.5. The molecule has 0 aromatic heterocycles. The van der Waals surface area contributed by atoms with Gasteiger partial charge in [0.2, 0.25) is 0 Å². The van der Waals surface area contributed by atoms with Gasteiger partial charge in [-0.05, 0) is 55.3 Å². The maximum Gasteiger partial charge on any atom is 0.344 e. The number of carbonyl (C=O) groups excluding carboxylic acids is 1. The van der Waals surface area contributed by atoms with Crippen LogP contribution in [0.3, 0.4) is 0 Å². The van der Waals surface area contributed by atoms with Crippen LogP contribution in [0.5, 0.6) is 5.75 Å². The molecule has 0 fully saturated rings. The van der Waals surface area contributed by atoms with Crippen molar-refractivity contribution in [2.24, 2.45) is 0 Å². The van der Waals surface area contributed by atoms with Crippen LogP contribution in [0.1, 0.15) is 18.1 Å². The van der Waals surface area contributed by atoms with Crippen LogP contribution < -0.4 is 4.74 Å². The predicted octanol–water partition coefficient (Wildman–Crippen LogP) is 4.87. The normalized spacial score (nSPS) is 10.8. The van der Waals surface area contributed by atoms with E-state index in [0.29, 0.717) is 12.4 Å². The number of halogens is 1. The second-order valence-electron chi connectivity index (χ2n) is 5.92. The molecular formula is C23H23BrO4S. The van der Waals surface area contributed by atoms with Crippen LogP contribution in [0, 0.1) is 18.8 Å². The zero-order valence-corrected chi connectivity index (χ0v) is 18.8. The smallest absolute Gasteiger partial charge is 0.344 e. The molecule has 0 spiro atoms. The Balaban J connectivity index is 2.02. The van der Waals surface area contributed by atoms with E-state index < -0.39 is 0 Å². The Bertz CT molecular complexity index is 911. The lowest BCUT2D eigenvalue weighted by Gasteiger charge is -2.10. The molecule has 0 unspecified atom stereocenters. The molecule has 0 saturated heterocycles. The molecular weight excluding hydrogens is 452 g/mol. The number of ether oxygens (including phenoxy) is 2. The topological polar surface area (TPSA) is 55.8 Å². The predicted molar refractivity (Wildman–Crippen MR) is 121 cm³/mol. The van der Waals surface area contributed by atoms with Crippen molar-refractivity contribution in [3.8, 4) is 17.6 Å². The largest absolute Gasteiger partial charge is 0.482 e. The third-order valence-electron chi connectivity index (χ3n) is 3.79. The first-order valence-electron chi connectivity index (χ1n) is 9.11. The van der Waals surface area contributed by atoms with E-state index >= 15 is 0 Å². The molecule has 0 amide bonds. The number of rotatable bonds is 8. The summed E-state index contributed by atoms with van der Waals surface area (Å²) in [5.74, 6) is 6.76. The van der Waals surface area contributed by atoms with Gasteiger partial charge in [0.15, 0.2) is 6.61 Å². The summed E-state index contributed by atoms with van der Waals surface area (Å²) in [5, 5.41) is 9.02. The molecule has 152 valence electrons. The van der Waals surface area contributed by atoms with E-state index in [0.717, 1.165) is 31.8 Å². The number of esters is 1. The van der Waals surface area contributed by atoms with E-state index in [1.807, 2.05) is 49.4 Å². The molecule has 2 aromatic rings. The minimum Gasteiger partial charge on any atom is -0.482 e. The summed E-state index contributed by atoms with van der Waals surface area (Å²) >= 11 is 5.11. The first-order valence-corrected chi connectivity index (χ1v) is 10.9. The van der Waals surface area contributed by atoms with Crippen molar-refractivity contribution in [1.82, 2.24) is 0 Å². The number of aliphatic hydroxyl groups is 1. The highest BCUT2D eigenvalue weighted by molar-refractivity contribution is 9.10. The lowest BCUT2D eigenvalue weighted by molar-refractivity contribution is -0.145. The average molecular weight is 475 g/mol. The SMILES string of the molecule is CCOC(=O)COc1ccc(SC/C=C(\C#CCO)c2ccc(Br)cc2)cc1C. The molecule has 0 heterocycles. The lowest BCUT2D eigenvalue weighted by Crippen LogP contribution is -2.14. The van der Waals surface area contributed by atoms with E-state index in [9.17, 15) is 4.79 Å². The molecule has 0 bridgehead atoms. The summed E-state index contributed by atoms with van der Waals surface area (Å²) in [6, 6.07) is 13.8. The number of benzene rings is 2. The fraction of sp³-hybridized carbons (Fsp3) is 0.261. The van der Waals surface area contributed by atoms with Gasteiger partial charge in [-0.15, -0.1) is 11.8 Å². The molecule has 2 rings (SSSR count). The number of aryl methyl sites for hydroxylation is 1. The molecule has 29 heavy (non-hydrogen) atoms. The summed E-state index contributed by atoms with van der Waals surface area (Å²) in [6.07, 6.45) is 2.05. The van der Waals surface area contributed by atoms with Crippen LogP contribution in [0.4, 0.5) is 0 Å². The summed E-state index contributed by atoms with van der Waals surface area (Å²) in [5.41, 5.74) is 2.84. The minimum absolute atomic E-state index is 0.0933. The van der Waals surface area contributed by atoms with Crippen molar-refractivity contribution in [3.05, 3.63) is 64.1 Å². The van der Waals surface area contributed by atoms with Gasteiger partial charge in [-0.1, -0.05) is 46.0 Å². The molecule has 6 heteroatoms. The van der Waals surface area contributed by atoms with E-state index in [1.165, 1.54) is 0 Å². The molecule has 4 nitrogen and oxygen atoms in total. The third-order valence-corrected chi connectivity index (χ3v) is 5.24. The Morgan fingerprint density at radius 3 is 2.66 bits per heavy atom. The fourth-order valence-corrected chi connectivity index (χ4v) is 3.57. The molecule has 0 radical (unpaired) electrons. The van der Waals surface area contributed by atoms with Gasteiger partial charge in [0, 0.05) is 20.7 Å². The molecule has 2 aromatic carbocycles. The fourth-order valence-electron chi connectivity index (χ4n) is 2.44. The van der Waals surface area contributed by atoms with Crippen molar-refractivity contribution in [3.63, 3.8) is 0 Å². The van der Waals surface area contributed by atoms with Crippen molar-refractivity contribution in [1.29, 1.82) is 0 Å². The second kappa shape index (κ2) is 12.4. The van der Waals surface area contributed by atoms with Crippen LogP contribution in [0.25, 0.3) is 5.57 Å². The number of aliphatic hydroxyl groups excluding tert-OH is 1. The maximum atomic E-state index is 11.4. The van der Waals surface area contributed by atoms with Crippen LogP contribution >= 0.6 is 27.7 Å². The summed E-state index contributed by atoms with van der Waals surface area (Å²) in [7, 11) is 0. The molecule has 0 saturated carbocycles. The summed E-state index contributed by atoms with van der Waals surface area (Å²) < 4.78 is 11.4. The van der Waals surface area contributed by atoms with Gasteiger partial charge in [0.05, 0.1) is 6.61 Å². The van der Waals surface area contributed by atoms with Crippen LogP contribution in [0.2, 0.25) is 0 Å². The van der Waals surface area contributed by atoms with E-state index in [2.05, 4.69) is 33.8 Å². The number of hydrogen-bond acceptors (Lipinski definition) is 5. The zero-order valence-electron chi connectivity index (χ0n) is 16.4. The van der Waals surface area contributed by atoms with Gasteiger partial charge in [-0.2, -0.15) is 0 Å². The summed E-state index contributed by atoms with van der Waals surface area (Å²) in [6.45, 7) is 3.79. The first-order chi connectivity index (χ1) is 14.0. The molecule has 0 aliphatic rings. The highest BCUT2D eigenvalue weighted by Gasteiger charge is 2.06.